The maximum absolute atomic E-state index is 12.5. The first-order valence-electron chi connectivity index (χ1n) is 6.89. The smallest absolute Gasteiger partial charge is 0.227 e. The van der Waals surface area contributed by atoms with Gasteiger partial charge in [-0.05, 0) is 20.3 Å². The Hall–Kier alpha value is -2.17. The predicted octanol–water partition coefficient (Wildman–Crippen LogP) is 0.502. The monoisotopic (exact) mass is 305 g/mol. The van der Waals surface area contributed by atoms with Crippen LogP contribution in [0.15, 0.2) is 15.3 Å². The summed E-state index contributed by atoms with van der Waals surface area (Å²) in [6.45, 7) is 3.11. The number of carbonyl (C=O) groups excluding carboxylic acids is 1. The second-order valence-electron chi connectivity index (χ2n) is 6.10. The predicted molar refractivity (Wildman–Crippen MR) is 71.9 cm³/mol. The molecule has 0 spiro atoms. The Labute approximate surface area is 125 Å². The van der Waals surface area contributed by atoms with Crippen LogP contribution >= 0.6 is 0 Å². The largest absolute Gasteiger partial charge is 0.502 e. The minimum Gasteiger partial charge on any atom is -0.502 e. The maximum Gasteiger partial charge on any atom is 0.227 e. The molecule has 2 aliphatic heterocycles. The van der Waals surface area contributed by atoms with Gasteiger partial charge in [-0.2, -0.15) is 5.26 Å². The Kier molecular flexibility index (Phi) is 2.96. The van der Waals surface area contributed by atoms with E-state index in [0.717, 1.165) is 6.07 Å². The quantitative estimate of drug-likeness (QED) is 0.775. The molecule has 3 heterocycles. The first kappa shape index (κ1) is 14.8. The summed E-state index contributed by atoms with van der Waals surface area (Å²) in [7, 11) is 0. The molecule has 0 saturated carbocycles. The minimum absolute atomic E-state index is 0.117. The van der Waals surface area contributed by atoms with Gasteiger partial charge in [-0.3, -0.25) is 9.59 Å². The van der Waals surface area contributed by atoms with Crippen LogP contribution in [0.1, 0.15) is 31.3 Å². The van der Waals surface area contributed by atoms with Crippen molar-refractivity contribution in [3.63, 3.8) is 0 Å². The second kappa shape index (κ2) is 4.41. The summed E-state index contributed by atoms with van der Waals surface area (Å²) in [6, 6.07) is 3.14. The van der Waals surface area contributed by atoms with Crippen LogP contribution in [0.4, 0.5) is 0 Å². The lowest BCUT2D eigenvalue weighted by Crippen LogP contribution is -2.54. The highest BCUT2D eigenvalue weighted by atomic mass is 16.5. The normalized spacial score (nSPS) is 37.1. The number of ether oxygens (including phenoxy) is 1. The molecular formula is C15H15NO6. The number of aliphatic hydroxyl groups is 1. The fraction of sp³-hybridized carbons (Fsp3) is 0.533. The first-order valence-corrected chi connectivity index (χ1v) is 6.89. The van der Waals surface area contributed by atoms with Crippen LogP contribution in [0.3, 0.4) is 0 Å². The summed E-state index contributed by atoms with van der Waals surface area (Å²) in [5, 5.41) is 30.0. The van der Waals surface area contributed by atoms with Crippen molar-refractivity contribution in [2.24, 2.45) is 5.92 Å². The van der Waals surface area contributed by atoms with E-state index < -0.39 is 45.9 Å². The Morgan fingerprint density at radius 1 is 1.45 bits per heavy atom. The number of hydrogen-bond donors (Lipinski definition) is 2. The minimum atomic E-state index is -2.26. The number of aromatic hydroxyl groups is 1. The SMILES string of the molecule is Cc1cc(=O)c(O)c(C2(O)C(=O)C[C@]3(C)O[C@H]2C[C@H]3C#N)o1. The number of nitriles is 1. The summed E-state index contributed by atoms with van der Waals surface area (Å²) >= 11 is 0. The van der Waals surface area contributed by atoms with E-state index in [2.05, 4.69) is 6.07 Å². The van der Waals surface area contributed by atoms with E-state index in [1.165, 1.54) is 6.92 Å². The molecule has 116 valence electrons. The van der Waals surface area contributed by atoms with E-state index in [4.69, 9.17) is 9.15 Å². The molecule has 2 bridgehead atoms. The fourth-order valence-corrected chi connectivity index (χ4v) is 3.30. The third-order valence-corrected chi connectivity index (χ3v) is 4.55. The lowest BCUT2D eigenvalue weighted by atomic mass is 9.82. The van der Waals surface area contributed by atoms with Gasteiger partial charge in [0.05, 0.1) is 17.6 Å². The summed E-state index contributed by atoms with van der Waals surface area (Å²) in [5.74, 6) is -2.36. The molecule has 1 unspecified atom stereocenters. The average molecular weight is 305 g/mol. The number of fused-ring (bicyclic) bond motifs is 2. The highest BCUT2D eigenvalue weighted by molar-refractivity contribution is 5.91. The van der Waals surface area contributed by atoms with Crippen molar-refractivity contribution < 1.29 is 24.2 Å². The maximum atomic E-state index is 12.5. The summed E-state index contributed by atoms with van der Waals surface area (Å²) in [5.41, 5.74) is -3.98. The zero-order valence-electron chi connectivity index (χ0n) is 12.1. The van der Waals surface area contributed by atoms with Crippen molar-refractivity contribution in [2.45, 2.75) is 44.0 Å². The number of nitrogens with zero attached hydrogens (tertiary/aromatic N) is 1. The van der Waals surface area contributed by atoms with E-state index in [1.807, 2.05) is 0 Å². The van der Waals surface area contributed by atoms with Crippen molar-refractivity contribution in [1.82, 2.24) is 0 Å². The van der Waals surface area contributed by atoms with Gasteiger partial charge in [0, 0.05) is 12.5 Å². The van der Waals surface area contributed by atoms with Crippen LogP contribution in [0.2, 0.25) is 0 Å². The van der Waals surface area contributed by atoms with Gasteiger partial charge in [-0.15, -0.1) is 0 Å². The van der Waals surface area contributed by atoms with Crippen molar-refractivity contribution in [2.75, 3.05) is 0 Å². The zero-order valence-corrected chi connectivity index (χ0v) is 12.1. The lowest BCUT2D eigenvalue weighted by molar-refractivity contribution is -0.195. The van der Waals surface area contributed by atoms with Gasteiger partial charge >= 0.3 is 0 Å². The number of Topliss-reactive ketones (excluding diaryl/α,β-unsaturated/α-hetero) is 1. The number of carbonyl (C=O) groups is 1. The lowest BCUT2D eigenvalue weighted by Gasteiger charge is -2.39. The molecule has 1 aromatic rings. The molecular weight excluding hydrogens is 290 g/mol. The highest BCUT2D eigenvalue weighted by Gasteiger charge is 2.64. The van der Waals surface area contributed by atoms with E-state index in [1.54, 1.807) is 6.92 Å². The van der Waals surface area contributed by atoms with E-state index in [0.29, 0.717) is 0 Å². The van der Waals surface area contributed by atoms with Gasteiger partial charge in [0.1, 0.15) is 11.9 Å². The summed E-state index contributed by atoms with van der Waals surface area (Å²) in [6.07, 6.45) is -1.12. The molecule has 0 radical (unpaired) electrons. The topological polar surface area (TPSA) is 121 Å². The molecule has 2 aliphatic rings. The van der Waals surface area contributed by atoms with Gasteiger partial charge in [0.2, 0.25) is 16.8 Å². The number of aryl methyl sites for hydroxylation is 1. The van der Waals surface area contributed by atoms with Crippen LogP contribution in [-0.2, 0) is 15.1 Å². The van der Waals surface area contributed by atoms with E-state index in [9.17, 15) is 25.1 Å². The first-order chi connectivity index (χ1) is 10.2. The molecule has 7 nitrogen and oxygen atoms in total. The molecule has 1 aromatic heterocycles. The van der Waals surface area contributed by atoms with Gasteiger partial charge in [-0.25, -0.2) is 0 Å². The van der Waals surface area contributed by atoms with Crippen molar-refractivity contribution in [1.29, 1.82) is 5.26 Å². The fourth-order valence-electron chi connectivity index (χ4n) is 3.30. The molecule has 2 saturated heterocycles. The van der Waals surface area contributed by atoms with Crippen LogP contribution in [0, 0.1) is 24.2 Å². The second-order valence-corrected chi connectivity index (χ2v) is 6.10. The van der Waals surface area contributed by atoms with E-state index >= 15 is 0 Å². The van der Waals surface area contributed by atoms with Crippen molar-refractivity contribution >= 4 is 5.78 Å². The third kappa shape index (κ3) is 1.74. The summed E-state index contributed by atoms with van der Waals surface area (Å²) in [4.78, 5) is 24.2. The molecule has 2 N–H and O–H groups in total. The molecule has 4 atom stereocenters. The van der Waals surface area contributed by atoms with Gasteiger partial charge in [-0.1, -0.05) is 0 Å². The van der Waals surface area contributed by atoms with Crippen molar-refractivity contribution in [3.8, 4) is 11.8 Å². The Bertz CT molecular complexity index is 762. The molecule has 0 aliphatic carbocycles. The van der Waals surface area contributed by atoms with Gasteiger partial charge in [0.25, 0.3) is 0 Å². The van der Waals surface area contributed by atoms with Crippen LogP contribution < -0.4 is 5.43 Å². The third-order valence-electron chi connectivity index (χ3n) is 4.55. The van der Waals surface area contributed by atoms with Crippen LogP contribution in [-0.4, -0.2) is 27.7 Å². The van der Waals surface area contributed by atoms with Crippen molar-refractivity contribution in [3.05, 3.63) is 27.8 Å². The van der Waals surface area contributed by atoms with Gasteiger partial charge < -0.3 is 19.4 Å². The standard InChI is InChI=1S/C15H15NO6/c1-7-3-9(17)12(19)13(21-7)15(20)10(18)5-14(2)8(6-16)4-11(15)22-14/h3,8,11,19-20H,4-5H2,1-2H3/t8-,11-,14-,15?/m0/s1. The zero-order chi connectivity index (χ0) is 16.3. The molecule has 0 aromatic carbocycles. The average Bonchev–Trinajstić information content (AvgIpc) is 2.74. The van der Waals surface area contributed by atoms with E-state index in [-0.39, 0.29) is 18.6 Å². The molecule has 3 rings (SSSR count). The molecule has 22 heavy (non-hydrogen) atoms. The Balaban J connectivity index is 2.17. The van der Waals surface area contributed by atoms with Crippen LogP contribution in [0.25, 0.3) is 0 Å². The number of hydrogen-bond acceptors (Lipinski definition) is 7. The van der Waals surface area contributed by atoms with Crippen LogP contribution in [0.5, 0.6) is 5.75 Å². The summed E-state index contributed by atoms with van der Waals surface area (Å²) < 4.78 is 11.0. The number of rotatable bonds is 1. The number of ketones is 1. The van der Waals surface area contributed by atoms with Gasteiger partial charge in [0.15, 0.2) is 11.5 Å². The Morgan fingerprint density at radius 2 is 2.14 bits per heavy atom. The molecule has 0 amide bonds. The molecule has 2 fully saturated rings. The Morgan fingerprint density at radius 3 is 2.77 bits per heavy atom. The highest BCUT2D eigenvalue weighted by Crippen LogP contribution is 2.51. The molecule has 7 heteroatoms.